The number of aliphatic hydroxyl groups is 1. The number of anilines is 1. The summed E-state index contributed by atoms with van der Waals surface area (Å²) in [4.78, 5) is 0. The van der Waals surface area contributed by atoms with Crippen LogP contribution in [0.4, 0.5) is 5.69 Å². The second kappa shape index (κ2) is 4.09. The van der Waals surface area contributed by atoms with Gasteiger partial charge in [-0.1, -0.05) is 22.0 Å². The van der Waals surface area contributed by atoms with E-state index in [1.54, 1.807) is 19.1 Å². The maximum absolute atomic E-state index is 9.29. The van der Waals surface area contributed by atoms with Crippen LogP contribution < -0.4 is 11.5 Å². The standard InChI is InChI=1S/C9H13BrN2O/c1-5(13)9(12)7-3-2-6(11)4-8(7)10/h2-5,9,13H,11-12H2,1H3/t5?,9-/m0/s1. The molecule has 0 aliphatic carbocycles. The van der Waals surface area contributed by atoms with Crippen LogP contribution in [0.3, 0.4) is 0 Å². The van der Waals surface area contributed by atoms with Crippen LogP contribution in [0.1, 0.15) is 18.5 Å². The van der Waals surface area contributed by atoms with Gasteiger partial charge in [0.15, 0.2) is 0 Å². The largest absolute Gasteiger partial charge is 0.399 e. The normalized spacial score (nSPS) is 15.4. The van der Waals surface area contributed by atoms with E-state index >= 15 is 0 Å². The lowest BCUT2D eigenvalue weighted by molar-refractivity contribution is 0.164. The molecular weight excluding hydrogens is 232 g/mol. The topological polar surface area (TPSA) is 72.3 Å². The molecule has 1 aromatic carbocycles. The fourth-order valence-corrected chi connectivity index (χ4v) is 1.73. The second-order valence-electron chi connectivity index (χ2n) is 3.05. The third kappa shape index (κ3) is 2.43. The molecule has 0 aliphatic heterocycles. The van der Waals surface area contributed by atoms with E-state index < -0.39 is 6.10 Å². The second-order valence-corrected chi connectivity index (χ2v) is 3.90. The lowest BCUT2D eigenvalue weighted by Crippen LogP contribution is -2.23. The molecule has 0 fully saturated rings. The molecule has 2 atom stereocenters. The highest BCUT2D eigenvalue weighted by Crippen LogP contribution is 2.25. The van der Waals surface area contributed by atoms with E-state index in [4.69, 9.17) is 11.5 Å². The molecule has 0 amide bonds. The van der Waals surface area contributed by atoms with Crippen molar-refractivity contribution in [3.8, 4) is 0 Å². The van der Waals surface area contributed by atoms with Crippen molar-refractivity contribution in [2.24, 2.45) is 5.73 Å². The fourth-order valence-electron chi connectivity index (χ4n) is 1.07. The zero-order valence-corrected chi connectivity index (χ0v) is 8.95. The van der Waals surface area contributed by atoms with Gasteiger partial charge >= 0.3 is 0 Å². The molecule has 0 saturated carbocycles. The summed E-state index contributed by atoms with van der Waals surface area (Å²) in [6.45, 7) is 1.66. The summed E-state index contributed by atoms with van der Waals surface area (Å²) in [5.41, 5.74) is 12.9. The Kier molecular flexibility index (Phi) is 3.30. The predicted octanol–water partition coefficient (Wildman–Crippen LogP) is 1.41. The Morgan fingerprint density at radius 2 is 2.08 bits per heavy atom. The zero-order chi connectivity index (χ0) is 10.0. The Labute approximate surface area is 85.9 Å². The number of aliphatic hydroxyl groups excluding tert-OH is 1. The lowest BCUT2D eigenvalue weighted by Gasteiger charge is -2.16. The minimum absolute atomic E-state index is 0.380. The number of benzene rings is 1. The number of halogens is 1. The fraction of sp³-hybridized carbons (Fsp3) is 0.333. The molecule has 0 aliphatic rings. The van der Waals surface area contributed by atoms with Crippen molar-refractivity contribution >= 4 is 21.6 Å². The average Bonchev–Trinajstić information content (AvgIpc) is 2.03. The van der Waals surface area contributed by atoms with Crippen molar-refractivity contribution in [3.05, 3.63) is 28.2 Å². The summed E-state index contributed by atoms with van der Waals surface area (Å²) in [7, 11) is 0. The highest BCUT2D eigenvalue weighted by molar-refractivity contribution is 9.10. The molecule has 1 aromatic rings. The quantitative estimate of drug-likeness (QED) is 0.690. The molecule has 3 nitrogen and oxygen atoms in total. The van der Waals surface area contributed by atoms with Crippen molar-refractivity contribution in [1.82, 2.24) is 0 Å². The van der Waals surface area contributed by atoms with Gasteiger partial charge in [-0.15, -0.1) is 0 Å². The Morgan fingerprint density at radius 3 is 2.54 bits per heavy atom. The number of hydrogen-bond acceptors (Lipinski definition) is 3. The minimum atomic E-state index is -0.570. The first kappa shape index (κ1) is 10.5. The van der Waals surface area contributed by atoms with Crippen LogP contribution in [0.25, 0.3) is 0 Å². The Morgan fingerprint density at radius 1 is 1.46 bits per heavy atom. The predicted molar refractivity (Wildman–Crippen MR) is 57.2 cm³/mol. The van der Waals surface area contributed by atoms with Gasteiger partial charge in [-0.25, -0.2) is 0 Å². The molecule has 1 unspecified atom stereocenters. The van der Waals surface area contributed by atoms with Crippen LogP contribution in [0.2, 0.25) is 0 Å². The van der Waals surface area contributed by atoms with E-state index in [1.165, 1.54) is 0 Å². The third-order valence-electron chi connectivity index (χ3n) is 1.90. The summed E-state index contributed by atoms with van der Waals surface area (Å²) >= 11 is 3.34. The minimum Gasteiger partial charge on any atom is -0.399 e. The third-order valence-corrected chi connectivity index (χ3v) is 2.59. The van der Waals surface area contributed by atoms with Crippen LogP contribution >= 0.6 is 15.9 Å². The summed E-state index contributed by atoms with van der Waals surface area (Å²) < 4.78 is 0.834. The summed E-state index contributed by atoms with van der Waals surface area (Å²) in [5.74, 6) is 0. The van der Waals surface area contributed by atoms with Crippen LogP contribution in [0, 0.1) is 0 Å². The number of nitrogen functional groups attached to an aromatic ring is 1. The van der Waals surface area contributed by atoms with E-state index in [9.17, 15) is 5.11 Å². The monoisotopic (exact) mass is 244 g/mol. The van der Waals surface area contributed by atoms with Gasteiger partial charge in [-0.05, 0) is 24.6 Å². The van der Waals surface area contributed by atoms with E-state index in [0.29, 0.717) is 5.69 Å². The highest BCUT2D eigenvalue weighted by Gasteiger charge is 2.14. The van der Waals surface area contributed by atoms with Crippen molar-refractivity contribution in [3.63, 3.8) is 0 Å². The highest BCUT2D eigenvalue weighted by atomic mass is 79.9. The van der Waals surface area contributed by atoms with E-state index in [2.05, 4.69) is 15.9 Å². The Hall–Kier alpha value is -0.580. The van der Waals surface area contributed by atoms with Crippen molar-refractivity contribution < 1.29 is 5.11 Å². The van der Waals surface area contributed by atoms with Gasteiger partial charge in [0, 0.05) is 10.2 Å². The van der Waals surface area contributed by atoms with Gasteiger partial charge in [0.2, 0.25) is 0 Å². The molecule has 72 valence electrons. The van der Waals surface area contributed by atoms with E-state index in [0.717, 1.165) is 10.0 Å². The Balaban J connectivity index is 3.01. The van der Waals surface area contributed by atoms with Crippen LogP contribution in [-0.4, -0.2) is 11.2 Å². The number of nitrogens with two attached hydrogens (primary N) is 2. The van der Waals surface area contributed by atoms with Crippen LogP contribution in [0.15, 0.2) is 22.7 Å². The van der Waals surface area contributed by atoms with Gasteiger partial charge in [0.25, 0.3) is 0 Å². The molecule has 0 spiro atoms. The van der Waals surface area contributed by atoms with Gasteiger partial charge in [0.1, 0.15) is 0 Å². The first-order chi connectivity index (χ1) is 6.02. The zero-order valence-electron chi connectivity index (χ0n) is 7.37. The summed E-state index contributed by atoms with van der Waals surface area (Å²) in [6.07, 6.45) is -0.570. The van der Waals surface area contributed by atoms with E-state index in [1.807, 2.05) is 6.07 Å². The van der Waals surface area contributed by atoms with Crippen molar-refractivity contribution in [2.75, 3.05) is 5.73 Å². The Bertz CT molecular complexity index is 302. The maximum Gasteiger partial charge on any atom is 0.0705 e. The smallest absolute Gasteiger partial charge is 0.0705 e. The molecule has 13 heavy (non-hydrogen) atoms. The summed E-state index contributed by atoms with van der Waals surface area (Å²) in [6, 6.07) is 4.98. The summed E-state index contributed by atoms with van der Waals surface area (Å²) in [5, 5.41) is 9.29. The lowest BCUT2D eigenvalue weighted by atomic mass is 10.0. The molecule has 0 bridgehead atoms. The molecule has 0 aromatic heterocycles. The van der Waals surface area contributed by atoms with E-state index in [-0.39, 0.29) is 6.04 Å². The molecule has 5 N–H and O–H groups in total. The number of hydrogen-bond donors (Lipinski definition) is 3. The number of rotatable bonds is 2. The molecule has 4 heteroatoms. The molecule has 0 saturated heterocycles. The van der Waals surface area contributed by atoms with Gasteiger partial charge in [-0.3, -0.25) is 0 Å². The van der Waals surface area contributed by atoms with Crippen molar-refractivity contribution in [2.45, 2.75) is 19.1 Å². The molecule has 0 radical (unpaired) electrons. The molecule has 1 rings (SSSR count). The van der Waals surface area contributed by atoms with Crippen LogP contribution in [-0.2, 0) is 0 Å². The van der Waals surface area contributed by atoms with Gasteiger partial charge in [0.05, 0.1) is 12.1 Å². The van der Waals surface area contributed by atoms with Gasteiger partial charge < -0.3 is 16.6 Å². The molecule has 0 heterocycles. The van der Waals surface area contributed by atoms with Gasteiger partial charge in [-0.2, -0.15) is 0 Å². The first-order valence-electron chi connectivity index (χ1n) is 4.01. The SMILES string of the molecule is CC(O)[C@H](N)c1ccc(N)cc1Br. The van der Waals surface area contributed by atoms with Crippen LogP contribution in [0.5, 0.6) is 0 Å². The average molecular weight is 245 g/mol. The van der Waals surface area contributed by atoms with Crippen molar-refractivity contribution in [1.29, 1.82) is 0 Å². The maximum atomic E-state index is 9.29. The molecular formula is C9H13BrN2O. The first-order valence-corrected chi connectivity index (χ1v) is 4.80.